The first kappa shape index (κ1) is 12.1. The molecule has 88 valence electrons. The summed E-state index contributed by atoms with van der Waals surface area (Å²) < 4.78 is 5.46. The Balaban J connectivity index is 1.87. The fourth-order valence-corrected chi connectivity index (χ4v) is 3.80. The number of ether oxygens (including phenoxy) is 1. The Labute approximate surface area is 103 Å². The summed E-state index contributed by atoms with van der Waals surface area (Å²) in [4.78, 5) is 2.62. The standard InChI is InChI=1S/C11H21NOS2/c14-10-11(1-5-13-6-2-11)9-12-3-7-15-8-4-12/h14H,1-10H2. The van der Waals surface area contributed by atoms with Crippen molar-refractivity contribution in [3.63, 3.8) is 0 Å². The first-order chi connectivity index (χ1) is 7.35. The first-order valence-corrected chi connectivity index (χ1v) is 7.62. The molecule has 2 saturated heterocycles. The van der Waals surface area contributed by atoms with Crippen molar-refractivity contribution in [2.24, 2.45) is 5.41 Å². The van der Waals surface area contributed by atoms with Crippen LogP contribution in [0.15, 0.2) is 0 Å². The van der Waals surface area contributed by atoms with Gasteiger partial charge in [-0.1, -0.05) is 0 Å². The second kappa shape index (κ2) is 5.80. The monoisotopic (exact) mass is 247 g/mol. The lowest BCUT2D eigenvalue weighted by Gasteiger charge is -2.41. The molecule has 0 aromatic heterocycles. The van der Waals surface area contributed by atoms with E-state index in [1.54, 1.807) is 0 Å². The van der Waals surface area contributed by atoms with Crippen LogP contribution < -0.4 is 0 Å². The Morgan fingerprint density at radius 3 is 2.47 bits per heavy atom. The molecule has 2 rings (SSSR count). The van der Waals surface area contributed by atoms with E-state index in [1.165, 1.54) is 44.0 Å². The van der Waals surface area contributed by atoms with Crippen molar-refractivity contribution in [3.05, 3.63) is 0 Å². The molecule has 0 atom stereocenters. The van der Waals surface area contributed by atoms with Gasteiger partial charge in [-0.05, 0) is 24.0 Å². The van der Waals surface area contributed by atoms with E-state index in [0.717, 1.165) is 19.0 Å². The van der Waals surface area contributed by atoms with Crippen LogP contribution >= 0.6 is 24.4 Å². The maximum Gasteiger partial charge on any atom is 0.0472 e. The van der Waals surface area contributed by atoms with E-state index in [2.05, 4.69) is 29.3 Å². The molecule has 0 bridgehead atoms. The zero-order valence-corrected chi connectivity index (χ0v) is 11.0. The summed E-state index contributed by atoms with van der Waals surface area (Å²) >= 11 is 6.64. The lowest BCUT2D eigenvalue weighted by molar-refractivity contribution is 0.00923. The second-order valence-electron chi connectivity index (χ2n) is 4.66. The minimum absolute atomic E-state index is 0.434. The molecule has 2 aliphatic rings. The van der Waals surface area contributed by atoms with E-state index < -0.39 is 0 Å². The van der Waals surface area contributed by atoms with Crippen molar-refractivity contribution in [3.8, 4) is 0 Å². The van der Waals surface area contributed by atoms with Gasteiger partial charge < -0.3 is 9.64 Å². The molecule has 0 aromatic carbocycles. The van der Waals surface area contributed by atoms with Crippen LogP contribution in [0.4, 0.5) is 0 Å². The van der Waals surface area contributed by atoms with Crippen molar-refractivity contribution in [1.82, 2.24) is 4.90 Å². The van der Waals surface area contributed by atoms with Gasteiger partial charge in [0.05, 0.1) is 0 Å². The van der Waals surface area contributed by atoms with E-state index >= 15 is 0 Å². The molecule has 0 N–H and O–H groups in total. The molecular formula is C11H21NOS2. The van der Waals surface area contributed by atoms with Gasteiger partial charge in [-0.3, -0.25) is 0 Å². The third-order valence-corrected chi connectivity index (χ3v) is 5.16. The van der Waals surface area contributed by atoms with Crippen LogP contribution in [0.1, 0.15) is 12.8 Å². The van der Waals surface area contributed by atoms with E-state index in [9.17, 15) is 0 Å². The van der Waals surface area contributed by atoms with Crippen molar-refractivity contribution >= 4 is 24.4 Å². The summed E-state index contributed by atoms with van der Waals surface area (Å²) in [5, 5.41) is 0. The van der Waals surface area contributed by atoms with Gasteiger partial charge in [-0.2, -0.15) is 24.4 Å². The maximum absolute atomic E-state index is 5.46. The summed E-state index contributed by atoms with van der Waals surface area (Å²) in [6.07, 6.45) is 2.39. The number of rotatable bonds is 3. The van der Waals surface area contributed by atoms with Gasteiger partial charge in [-0.15, -0.1) is 0 Å². The topological polar surface area (TPSA) is 12.5 Å². The summed E-state index contributed by atoms with van der Waals surface area (Å²) in [5.41, 5.74) is 0.434. The predicted octanol–water partition coefficient (Wildman–Crippen LogP) is 1.76. The van der Waals surface area contributed by atoms with E-state index in [0.29, 0.717) is 5.41 Å². The SMILES string of the molecule is SCC1(CN2CCSCC2)CCOCC1. The number of hydrogen-bond donors (Lipinski definition) is 1. The summed E-state index contributed by atoms with van der Waals surface area (Å²) in [7, 11) is 0. The molecule has 0 amide bonds. The Morgan fingerprint density at radius 1 is 1.20 bits per heavy atom. The Morgan fingerprint density at radius 2 is 1.87 bits per heavy atom. The lowest BCUT2D eigenvalue weighted by Crippen LogP contribution is -2.45. The summed E-state index contributed by atoms with van der Waals surface area (Å²) in [6.45, 7) is 5.63. The minimum atomic E-state index is 0.434. The normalized spacial score (nSPS) is 27.8. The molecule has 2 fully saturated rings. The smallest absolute Gasteiger partial charge is 0.0472 e. The molecular weight excluding hydrogens is 226 g/mol. The molecule has 2 aliphatic heterocycles. The molecule has 0 radical (unpaired) electrons. The molecule has 0 aromatic rings. The quantitative estimate of drug-likeness (QED) is 0.764. The van der Waals surface area contributed by atoms with Gasteiger partial charge in [0.15, 0.2) is 0 Å². The van der Waals surface area contributed by atoms with Crippen LogP contribution in [0.5, 0.6) is 0 Å². The zero-order chi connectivity index (χ0) is 10.6. The fraction of sp³-hybridized carbons (Fsp3) is 1.00. The molecule has 4 heteroatoms. The van der Waals surface area contributed by atoms with E-state index in [-0.39, 0.29) is 0 Å². The van der Waals surface area contributed by atoms with Crippen LogP contribution in [-0.2, 0) is 4.74 Å². The van der Waals surface area contributed by atoms with Crippen molar-refractivity contribution in [2.75, 3.05) is 50.1 Å². The summed E-state index contributed by atoms with van der Waals surface area (Å²) in [6, 6.07) is 0. The van der Waals surface area contributed by atoms with Crippen LogP contribution in [0.3, 0.4) is 0 Å². The highest BCUT2D eigenvalue weighted by Gasteiger charge is 2.33. The minimum Gasteiger partial charge on any atom is -0.381 e. The largest absolute Gasteiger partial charge is 0.381 e. The Hall–Kier alpha value is 0.620. The van der Waals surface area contributed by atoms with E-state index in [1.807, 2.05) is 0 Å². The Kier molecular flexibility index (Phi) is 4.68. The van der Waals surface area contributed by atoms with Gasteiger partial charge in [0, 0.05) is 44.4 Å². The third-order valence-electron chi connectivity index (χ3n) is 3.55. The van der Waals surface area contributed by atoms with Crippen molar-refractivity contribution < 1.29 is 4.74 Å². The lowest BCUT2D eigenvalue weighted by atomic mass is 9.81. The number of thiol groups is 1. The highest BCUT2D eigenvalue weighted by Crippen LogP contribution is 2.33. The number of nitrogens with zero attached hydrogens (tertiary/aromatic N) is 1. The summed E-state index contributed by atoms with van der Waals surface area (Å²) in [5.74, 6) is 3.62. The Bertz CT molecular complexity index is 189. The molecule has 2 nitrogen and oxygen atoms in total. The fourth-order valence-electron chi connectivity index (χ4n) is 2.40. The average molecular weight is 247 g/mol. The molecule has 0 aliphatic carbocycles. The molecule has 0 saturated carbocycles. The third kappa shape index (κ3) is 3.29. The average Bonchev–Trinajstić information content (AvgIpc) is 2.32. The first-order valence-electron chi connectivity index (χ1n) is 5.83. The van der Waals surface area contributed by atoms with Gasteiger partial charge >= 0.3 is 0 Å². The number of hydrogen-bond acceptors (Lipinski definition) is 4. The second-order valence-corrected chi connectivity index (χ2v) is 6.20. The predicted molar refractivity (Wildman–Crippen MR) is 70.1 cm³/mol. The van der Waals surface area contributed by atoms with Crippen molar-refractivity contribution in [2.45, 2.75) is 12.8 Å². The van der Waals surface area contributed by atoms with Crippen LogP contribution in [0.25, 0.3) is 0 Å². The van der Waals surface area contributed by atoms with Crippen molar-refractivity contribution in [1.29, 1.82) is 0 Å². The molecule has 2 heterocycles. The molecule has 0 unspecified atom stereocenters. The highest BCUT2D eigenvalue weighted by atomic mass is 32.2. The van der Waals surface area contributed by atoms with Gasteiger partial charge in [0.2, 0.25) is 0 Å². The molecule has 15 heavy (non-hydrogen) atoms. The van der Waals surface area contributed by atoms with Crippen LogP contribution in [0.2, 0.25) is 0 Å². The van der Waals surface area contributed by atoms with Gasteiger partial charge in [0.25, 0.3) is 0 Å². The maximum atomic E-state index is 5.46. The highest BCUT2D eigenvalue weighted by molar-refractivity contribution is 7.99. The number of thioether (sulfide) groups is 1. The molecule has 0 spiro atoms. The van der Waals surface area contributed by atoms with Crippen LogP contribution in [-0.4, -0.2) is 55.0 Å². The zero-order valence-electron chi connectivity index (χ0n) is 9.28. The van der Waals surface area contributed by atoms with Crippen LogP contribution in [0, 0.1) is 5.41 Å². The van der Waals surface area contributed by atoms with Gasteiger partial charge in [0.1, 0.15) is 0 Å². The van der Waals surface area contributed by atoms with E-state index in [4.69, 9.17) is 4.74 Å². The van der Waals surface area contributed by atoms with Gasteiger partial charge in [-0.25, -0.2) is 0 Å².